The number of carbonyl (C=O) groups is 1. The summed E-state index contributed by atoms with van der Waals surface area (Å²) in [7, 11) is 1.84. The van der Waals surface area contributed by atoms with Crippen LogP contribution in [0.2, 0.25) is 0 Å². The molecule has 1 saturated heterocycles. The molecule has 2 aliphatic heterocycles. The van der Waals surface area contributed by atoms with Crippen molar-refractivity contribution >= 4 is 11.7 Å². The molecule has 0 bridgehead atoms. The van der Waals surface area contributed by atoms with Crippen molar-refractivity contribution in [2.75, 3.05) is 38.1 Å². The summed E-state index contributed by atoms with van der Waals surface area (Å²) in [5.74, 6) is 0. The third kappa shape index (κ3) is 3.09. The van der Waals surface area contributed by atoms with E-state index in [0.717, 1.165) is 50.4 Å². The molecule has 3 heterocycles. The van der Waals surface area contributed by atoms with Gasteiger partial charge in [0.05, 0.1) is 11.4 Å². The molecule has 0 unspecified atom stereocenters. The Hall–Kier alpha value is -2.34. The van der Waals surface area contributed by atoms with Gasteiger partial charge >= 0.3 is 6.03 Å². The minimum absolute atomic E-state index is 0.0678. The number of carbonyl (C=O) groups excluding carboxylic acids is 1. The van der Waals surface area contributed by atoms with Crippen molar-refractivity contribution in [2.45, 2.75) is 32.7 Å². The zero-order valence-corrected chi connectivity index (χ0v) is 15.9. The Bertz CT molecular complexity index is 770. The smallest absolute Gasteiger partial charge is 0.324 e. The second kappa shape index (κ2) is 6.76. The molecule has 0 N–H and O–H groups in total. The molecule has 0 radical (unpaired) electrons. The first-order chi connectivity index (χ1) is 12.5. The molecule has 0 atom stereocenters. The second-order valence-electron chi connectivity index (χ2n) is 7.55. The van der Waals surface area contributed by atoms with Crippen molar-refractivity contribution in [1.29, 1.82) is 0 Å². The lowest BCUT2D eigenvalue weighted by molar-refractivity contribution is 0.229. The zero-order valence-electron chi connectivity index (χ0n) is 15.9. The van der Waals surface area contributed by atoms with Crippen LogP contribution < -0.4 is 4.90 Å². The van der Waals surface area contributed by atoms with Crippen LogP contribution in [-0.2, 0) is 12.8 Å². The van der Waals surface area contributed by atoms with Gasteiger partial charge in [-0.3, -0.25) is 4.90 Å². The maximum absolute atomic E-state index is 12.1. The fraction of sp³-hybridized carbons (Fsp3) is 0.500. The monoisotopic (exact) mass is 353 g/mol. The molecule has 0 spiro atoms. The van der Waals surface area contributed by atoms with Crippen molar-refractivity contribution in [1.82, 2.24) is 19.6 Å². The first-order valence-electron chi connectivity index (χ1n) is 9.47. The van der Waals surface area contributed by atoms with Crippen LogP contribution in [0.4, 0.5) is 10.5 Å². The number of urea groups is 1. The number of likely N-dealkylation sites (N-methyl/N-ethyl adjacent to an activating group) is 1. The second-order valence-corrected chi connectivity index (χ2v) is 7.55. The Balaban J connectivity index is 1.51. The van der Waals surface area contributed by atoms with E-state index >= 15 is 0 Å². The number of rotatable bonds is 3. The summed E-state index contributed by atoms with van der Waals surface area (Å²) in [6, 6.07) is 8.78. The number of anilines is 1. The molecule has 2 amide bonds. The fourth-order valence-corrected chi connectivity index (χ4v) is 3.81. The lowest BCUT2D eigenvalue weighted by atomic mass is 10.2. The molecule has 0 saturated carbocycles. The highest BCUT2D eigenvalue weighted by Crippen LogP contribution is 2.23. The molecule has 1 aromatic heterocycles. The Labute approximate surface area is 155 Å². The van der Waals surface area contributed by atoms with Gasteiger partial charge < -0.3 is 9.80 Å². The van der Waals surface area contributed by atoms with Gasteiger partial charge in [-0.25, -0.2) is 9.48 Å². The van der Waals surface area contributed by atoms with E-state index < -0.39 is 0 Å². The highest BCUT2D eigenvalue weighted by molar-refractivity contribution is 5.93. The van der Waals surface area contributed by atoms with Crippen molar-refractivity contribution in [3.8, 4) is 5.69 Å². The molecule has 2 aromatic rings. The van der Waals surface area contributed by atoms with Crippen molar-refractivity contribution in [2.24, 2.45) is 0 Å². The molecule has 1 aromatic carbocycles. The van der Waals surface area contributed by atoms with E-state index in [-0.39, 0.29) is 6.03 Å². The predicted octanol–water partition coefficient (Wildman–Crippen LogP) is 2.55. The molecule has 138 valence electrons. The minimum atomic E-state index is 0.0678. The van der Waals surface area contributed by atoms with Crippen LogP contribution in [0, 0.1) is 0 Å². The molecular formula is C20H27N5O. The third-order valence-corrected chi connectivity index (χ3v) is 5.55. The normalized spacial score (nSPS) is 18.5. The summed E-state index contributed by atoms with van der Waals surface area (Å²) < 4.78 is 1.98. The minimum Gasteiger partial charge on any atom is -0.326 e. The van der Waals surface area contributed by atoms with Crippen LogP contribution in [-0.4, -0.2) is 64.9 Å². The highest BCUT2D eigenvalue weighted by Gasteiger charge is 2.26. The number of nitrogens with zero attached hydrogens (tertiary/aromatic N) is 5. The quantitative estimate of drug-likeness (QED) is 0.852. The van der Waals surface area contributed by atoms with E-state index in [1.54, 1.807) is 4.90 Å². The average Bonchev–Trinajstić information content (AvgIpc) is 3.12. The standard InChI is InChI=1S/C20H27N5O/c1-15(2)23-10-8-16-14-25(21-19(16)9-11-23)18-6-4-17(5-7-18)24-13-12-22(3)20(24)26/h4-7,14-15H,8-13H2,1-3H3. The lowest BCUT2D eigenvalue weighted by Crippen LogP contribution is -2.33. The first-order valence-corrected chi connectivity index (χ1v) is 9.47. The van der Waals surface area contributed by atoms with E-state index in [0.29, 0.717) is 6.04 Å². The van der Waals surface area contributed by atoms with E-state index in [4.69, 9.17) is 5.10 Å². The molecule has 6 heteroatoms. The van der Waals surface area contributed by atoms with Crippen molar-refractivity contribution < 1.29 is 4.79 Å². The van der Waals surface area contributed by atoms with Crippen LogP contribution in [0.15, 0.2) is 30.5 Å². The van der Waals surface area contributed by atoms with E-state index in [1.807, 2.05) is 40.9 Å². The van der Waals surface area contributed by atoms with Crippen LogP contribution in [0.25, 0.3) is 5.69 Å². The summed E-state index contributed by atoms with van der Waals surface area (Å²) in [6.07, 6.45) is 4.23. The van der Waals surface area contributed by atoms with Crippen LogP contribution in [0.5, 0.6) is 0 Å². The Morgan fingerprint density at radius 2 is 1.65 bits per heavy atom. The van der Waals surface area contributed by atoms with Gasteiger partial charge in [0.1, 0.15) is 0 Å². The summed E-state index contributed by atoms with van der Waals surface area (Å²) in [5, 5.41) is 4.83. The highest BCUT2D eigenvalue weighted by atomic mass is 16.2. The number of aromatic nitrogens is 2. The summed E-state index contributed by atoms with van der Waals surface area (Å²) in [6.45, 7) is 8.21. The van der Waals surface area contributed by atoms with Gasteiger partial charge in [-0.05, 0) is 50.1 Å². The Kier molecular flexibility index (Phi) is 4.44. The number of hydrogen-bond donors (Lipinski definition) is 0. The molecule has 2 aliphatic rings. The van der Waals surface area contributed by atoms with E-state index in [2.05, 4.69) is 24.9 Å². The van der Waals surface area contributed by atoms with Gasteiger partial charge in [0.25, 0.3) is 0 Å². The van der Waals surface area contributed by atoms with E-state index in [9.17, 15) is 4.79 Å². The topological polar surface area (TPSA) is 44.6 Å². The first kappa shape index (κ1) is 17.1. The van der Waals surface area contributed by atoms with Crippen molar-refractivity contribution in [3.63, 3.8) is 0 Å². The Morgan fingerprint density at radius 3 is 2.31 bits per heavy atom. The number of amides is 2. The molecule has 0 aliphatic carbocycles. The number of benzene rings is 1. The lowest BCUT2D eigenvalue weighted by Gasteiger charge is -2.23. The van der Waals surface area contributed by atoms with Gasteiger partial charge in [-0.1, -0.05) is 0 Å². The van der Waals surface area contributed by atoms with E-state index in [1.165, 1.54) is 11.3 Å². The summed E-state index contributed by atoms with van der Waals surface area (Å²) in [4.78, 5) is 18.2. The van der Waals surface area contributed by atoms with Gasteiger partial charge in [0.2, 0.25) is 0 Å². The Morgan fingerprint density at radius 1 is 0.962 bits per heavy atom. The number of hydrogen-bond acceptors (Lipinski definition) is 3. The molecular weight excluding hydrogens is 326 g/mol. The van der Waals surface area contributed by atoms with Gasteiger partial charge in [-0.15, -0.1) is 0 Å². The maximum atomic E-state index is 12.1. The van der Waals surface area contributed by atoms with Crippen LogP contribution in [0.3, 0.4) is 0 Å². The molecule has 4 rings (SSSR count). The summed E-state index contributed by atoms with van der Waals surface area (Å²) >= 11 is 0. The summed E-state index contributed by atoms with van der Waals surface area (Å²) in [5.41, 5.74) is 4.56. The SMILES string of the molecule is CC(C)N1CCc2cn(-c3ccc(N4CCN(C)C4=O)cc3)nc2CC1. The van der Waals surface area contributed by atoms with Gasteiger partial charge in [0.15, 0.2) is 0 Å². The molecule has 1 fully saturated rings. The van der Waals surface area contributed by atoms with Crippen LogP contribution >= 0.6 is 0 Å². The predicted molar refractivity (Wildman–Crippen MR) is 103 cm³/mol. The average molecular weight is 353 g/mol. The molecule has 26 heavy (non-hydrogen) atoms. The number of fused-ring (bicyclic) bond motifs is 1. The fourth-order valence-electron chi connectivity index (χ4n) is 3.81. The van der Waals surface area contributed by atoms with Gasteiger partial charge in [-0.2, -0.15) is 5.10 Å². The third-order valence-electron chi connectivity index (χ3n) is 5.55. The zero-order chi connectivity index (χ0) is 18.3. The maximum Gasteiger partial charge on any atom is 0.324 e. The van der Waals surface area contributed by atoms with Crippen LogP contribution in [0.1, 0.15) is 25.1 Å². The largest absolute Gasteiger partial charge is 0.326 e. The van der Waals surface area contributed by atoms with Gasteiger partial charge in [0, 0.05) is 57.6 Å². The molecule has 6 nitrogen and oxygen atoms in total. The van der Waals surface area contributed by atoms with Crippen molar-refractivity contribution in [3.05, 3.63) is 41.7 Å².